The van der Waals surface area contributed by atoms with Crippen molar-refractivity contribution in [2.45, 2.75) is 58.5 Å². The fourth-order valence-corrected chi connectivity index (χ4v) is 8.95. The number of benzene rings is 1. The van der Waals surface area contributed by atoms with Crippen molar-refractivity contribution in [2.24, 2.45) is 0 Å². The molecule has 0 fully saturated rings. The van der Waals surface area contributed by atoms with Gasteiger partial charge in [0, 0.05) is 7.26 Å². The molecule has 20 heavy (non-hydrogen) atoms. The maximum Gasteiger partial charge on any atom is 0.0850 e. The Kier molecular flexibility index (Phi) is 8.29. The maximum atomic E-state index is 4.38. The zero-order valence-corrected chi connectivity index (χ0v) is 16.3. The minimum absolute atomic E-state index is 0. The van der Waals surface area contributed by atoms with Crippen molar-refractivity contribution in [3.8, 4) is 0 Å². The third-order valence-electron chi connectivity index (χ3n) is 4.53. The first-order chi connectivity index (χ1) is 8.82. The predicted molar refractivity (Wildman–Crippen MR) is 92.7 cm³/mol. The smallest absolute Gasteiger partial charge is 0.0850 e. The van der Waals surface area contributed by atoms with Crippen LogP contribution >= 0.6 is 7.26 Å². The van der Waals surface area contributed by atoms with E-state index in [2.05, 4.69) is 78.5 Å². The van der Waals surface area contributed by atoms with Crippen LogP contribution in [-0.2, 0) is 0 Å². The molecule has 0 atom stereocenters. The molecule has 0 aromatic heterocycles. The highest BCUT2D eigenvalue weighted by molar-refractivity contribution is 7.78. The van der Waals surface area contributed by atoms with Gasteiger partial charge in [0.25, 0.3) is 0 Å². The second kappa shape index (κ2) is 8.35. The Morgan fingerprint density at radius 1 is 0.900 bits per heavy atom. The highest BCUT2D eigenvalue weighted by Gasteiger charge is 2.47. The highest BCUT2D eigenvalue weighted by atomic mass is 79.9. The number of hydrogen-bond acceptors (Lipinski definition) is 0. The van der Waals surface area contributed by atoms with E-state index < -0.39 is 7.26 Å². The van der Waals surface area contributed by atoms with Crippen LogP contribution in [-0.4, -0.2) is 23.1 Å². The average Bonchev–Trinajstić information content (AvgIpc) is 2.35. The summed E-state index contributed by atoms with van der Waals surface area (Å²) in [7, 11) is -1.03. The molecule has 0 saturated heterocycles. The quantitative estimate of drug-likeness (QED) is 0.687. The predicted octanol–water partition coefficient (Wildman–Crippen LogP) is 2.95. The van der Waals surface area contributed by atoms with Gasteiger partial charge in [-0.1, -0.05) is 36.9 Å². The molecule has 1 aromatic rings. The first-order valence-electron chi connectivity index (χ1n) is 7.42. The largest absolute Gasteiger partial charge is 1.00 e. The van der Waals surface area contributed by atoms with E-state index in [1.807, 2.05) is 0 Å². The summed E-state index contributed by atoms with van der Waals surface area (Å²) in [5.74, 6) is 0. The molecule has 1 aromatic carbocycles. The van der Waals surface area contributed by atoms with Crippen LogP contribution in [0.4, 0.5) is 0 Å². The van der Waals surface area contributed by atoms with Crippen LogP contribution in [0.1, 0.15) is 47.1 Å². The molecule has 0 bridgehead atoms. The van der Waals surface area contributed by atoms with Gasteiger partial charge in [0.05, 0.1) is 23.1 Å². The zero-order chi connectivity index (χ0) is 14.6. The molecule has 114 valence electrons. The Hall–Kier alpha value is -0.130. The molecule has 0 aliphatic heterocycles. The summed E-state index contributed by atoms with van der Waals surface area (Å²) in [6, 6.07) is 10.7. The van der Waals surface area contributed by atoms with Crippen LogP contribution in [0.2, 0.25) is 0 Å². The van der Waals surface area contributed by atoms with Crippen LogP contribution in [0.3, 0.4) is 0 Å². The molecule has 0 heterocycles. The SMILES string of the molecule is C=C(C[P+](C(C)C)(C(C)C)C(C)C)c1ccccc1.[Br-]. The van der Waals surface area contributed by atoms with E-state index in [1.165, 1.54) is 17.3 Å². The minimum atomic E-state index is -1.03. The lowest BCUT2D eigenvalue weighted by Gasteiger charge is -2.39. The van der Waals surface area contributed by atoms with Crippen molar-refractivity contribution in [1.29, 1.82) is 0 Å². The lowest BCUT2D eigenvalue weighted by Crippen LogP contribution is -3.00. The molecule has 2 heteroatoms. The third-order valence-corrected chi connectivity index (χ3v) is 11.2. The molecule has 0 nitrogen and oxygen atoms in total. The fourth-order valence-electron chi connectivity index (χ4n) is 3.43. The number of rotatable bonds is 6. The molecule has 1 rings (SSSR count). The van der Waals surface area contributed by atoms with Gasteiger partial charge in [-0.15, -0.1) is 0 Å². The lowest BCUT2D eigenvalue weighted by molar-refractivity contribution is -0.00000433. The number of allylic oxidation sites excluding steroid dienone is 1. The maximum absolute atomic E-state index is 4.38. The molecule has 0 saturated carbocycles. The highest BCUT2D eigenvalue weighted by Crippen LogP contribution is 2.71. The molecule has 0 N–H and O–H groups in total. The van der Waals surface area contributed by atoms with Gasteiger partial charge in [0.15, 0.2) is 0 Å². The third kappa shape index (κ3) is 4.18. The van der Waals surface area contributed by atoms with Crippen LogP contribution in [0.5, 0.6) is 0 Å². The van der Waals surface area contributed by atoms with Crippen LogP contribution < -0.4 is 17.0 Å². The first-order valence-corrected chi connectivity index (χ1v) is 9.60. The Morgan fingerprint density at radius 2 is 1.30 bits per heavy atom. The topological polar surface area (TPSA) is 0 Å². The minimum Gasteiger partial charge on any atom is -1.00 e. The van der Waals surface area contributed by atoms with E-state index in [0.717, 1.165) is 17.0 Å². The Morgan fingerprint density at radius 3 is 1.65 bits per heavy atom. The zero-order valence-electron chi connectivity index (χ0n) is 13.9. The molecule has 0 amide bonds. The van der Waals surface area contributed by atoms with Gasteiger partial charge in [0.2, 0.25) is 0 Å². The van der Waals surface area contributed by atoms with Gasteiger partial charge in [-0.25, -0.2) is 0 Å². The van der Waals surface area contributed by atoms with Gasteiger partial charge in [-0.2, -0.15) is 0 Å². The molecule has 0 aliphatic rings. The summed E-state index contributed by atoms with van der Waals surface area (Å²) in [5, 5.41) is 0. The first kappa shape index (κ1) is 19.9. The van der Waals surface area contributed by atoms with Crippen LogP contribution in [0, 0.1) is 0 Å². The van der Waals surface area contributed by atoms with Crippen molar-refractivity contribution in [3.63, 3.8) is 0 Å². The van der Waals surface area contributed by atoms with Crippen LogP contribution in [0.25, 0.3) is 5.57 Å². The van der Waals surface area contributed by atoms with E-state index >= 15 is 0 Å². The van der Waals surface area contributed by atoms with Crippen molar-refractivity contribution >= 4 is 12.8 Å². The Labute approximate surface area is 137 Å². The molecule has 0 unspecified atom stereocenters. The van der Waals surface area contributed by atoms with Gasteiger partial charge >= 0.3 is 0 Å². The van der Waals surface area contributed by atoms with Gasteiger partial charge < -0.3 is 17.0 Å². The van der Waals surface area contributed by atoms with Gasteiger partial charge in [0.1, 0.15) is 0 Å². The summed E-state index contributed by atoms with van der Waals surface area (Å²) in [5.41, 5.74) is 4.95. The van der Waals surface area contributed by atoms with E-state index in [-0.39, 0.29) is 17.0 Å². The van der Waals surface area contributed by atoms with E-state index in [1.54, 1.807) is 0 Å². The summed E-state index contributed by atoms with van der Waals surface area (Å²) in [6.45, 7) is 18.8. The molecular formula is C18H30BrP. The lowest BCUT2D eigenvalue weighted by atomic mass is 10.1. The Bertz CT molecular complexity index is 385. The second-order valence-corrected chi connectivity index (χ2v) is 11.8. The average molecular weight is 357 g/mol. The molecule has 0 radical (unpaired) electrons. The standard InChI is InChI=1S/C18H30P.BrH/c1-14(2)19(15(3)4,16(5)6)13-17(7)18-11-9-8-10-12-18;/h8-12,14-16H,7,13H2,1-6H3;1H/q+1;/p-1. The number of hydrogen-bond donors (Lipinski definition) is 0. The van der Waals surface area contributed by atoms with E-state index in [4.69, 9.17) is 0 Å². The van der Waals surface area contributed by atoms with Crippen molar-refractivity contribution < 1.29 is 17.0 Å². The number of halogens is 1. The van der Waals surface area contributed by atoms with Crippen molar-refractivity contribution in [1.82, 2.24) is 0 Å². The Balaban J connectivity index is 0.00000361. The van der Waals surface area contributed by atoms with Gasteiger partial charge in [-0.3, -0.25) is 0 Å². The summed E-state index contributed by atoms with van der Waals surface area (Å²) >= 11 is 0. The van der Waals surface area contributed by atoms with E-state index in [9.17, 15) is 0 Å². The second-order valence-electron chi connectivity index (χ2n) is 6.40. The van der Waals surface area contributed by atoms with Crippen LogP contribution in [0.15, 0.2) is 36.9 Å². The molecule has 0 spiro atoms. The normalized spacial score (nSPS) is 11.8. The molecular weight excluding hydrogens is 327 g/mol. The molecule has 0 aliphatic carbocycles. The van der Waals surface area contributed by atoms with E-state index in [0.29, 0.717) is 0 Å². The monoisotopic (exact) mass is 356 g/mol. The van der Waals surface area contributed by atoms with Crippen molar-refractivity contribution in [3.05, 3.63) is 42.5 Å². The summed E-state index contributed by atoms with van der Waals surface area (Å²) < 4.78 is 0. The van der Waals surface area contributed by atoms with Crippen molar-refractivity contribution in [2.75, 3.05) is 6.16 Å². The van der Waals surface area contributed by atoms with Gasteiger partial charge in [-0.05, 0) is 52.7 Å². The summed E-state index contributed by atoms with van der Waals surface area (Å²) in [6.07, 6.45) is 1.20. The fraction of sp³-hybridized carbons (Fsp3) is 0.556. The summed E-state index contributed by atoms with van der Waals surface area (Å²) in [4.78, 5) is 0.